The van der Waals surface area contributed by atoms with Gasteiger partial charge in [-0.25, -0.2) is 4.98 Å². The molecule has 0 bridgehead atoms. The van der Waals surface area contributed by atoms with Crippen molar-refractivity contribution >= 4 is 24.1 Å². The zero-order valence-corrected chi connectivity index (χ0v) is 17.2. The number of aromatic amines is 1. The van der Waals surface area contributed by atoms with Crippen molar-refractivity contribution in [1.29, 1.82) is 0 Å². The van der Waals surface area contributed by atoms with E-state index in [1.807, 2.05) is 48.2 Å². The molecular formula is C19H25N6O2S+. The van der Waals surface area contributed by atoms with Crippen molar-refractivity contribution in [3.05, 3.63) is 30.9 Å². The summed E-state index contributed by atoms with van der Waals surface area (Å²) in [6.07, 6.45) is 9.49. The highest BCUT2D eigenvalue weighted by molar-refractivity contribution is 7.80. The Morgan fingerprint density at radius 1 is 1.54 bits per heavy atom. The lowest BCUT2D eigenvalue weighted by molar-refractivity contribution is -0.577. The summed E-state index contributed by atoms with van der Waals surface area (Å²) in [4.78, 5) is 18.7. The van der Waals surface area contributed by atoms with Gasteiger partial charge in [-0.1, -0.05) is 4.52 Å². The molecule has 0 spiro atoms. The van der Waals surface area contributed by atoms with Crippen LogP contribution < -0.4 is 9.25 Å². The summed E-state index contributed by atoms with van der Waals surface area (Å²) in [6.45, 7) is 2.07. The van der Waals surface area contributed by atoms with Gasteiger partial charge in [0.25, 0.3) is 11.4 Å². The molecule has 0 atom stereocenters. The number of aryl methyl sites for hydroxylation is 1. The number of carbonyl (C=O) groups excluding carboxylic acids is 1. The van der Waals surface area contributed by atoms with Crippen LogP contribution in [-0.4, -0.2) is 55.1 Å². The number of fused-ring (bicyclic) bond motifs is 1. The van der Waals surface area contributed by atoms with Gasteiger partial charge in [-0.2, -0.15) is 22.8 Å². The maximum Gasteiger partial charge on any atom is 0.298 e. The fourth-order valence-electron chi connectivity index (χ4n) is 3.72. The molecule has 28 heavy (non-hydrogen) atoms. The number of hydrogen-bond donors (Lipinski definition) is 2. The van der Waals surface area contributed by atoms with E-state index in [-0.39, 0.29) is 17.6 Å². The van der Waals surface area contributed by atoms with E-state index in [1.165, 1.54) is 0 Å². The molecule has 1 aliphatic carbocycles. The maximum atomic E-state index is 12.1. The maximum absolute atomic E-state index is 12.1. The Balaban J connectivity index is 1.55. The summed E-state index contributed by atoms with van der Waals surface area (Å²) in [7, 11) is 3.74. The first-order chi connectivity index (χ1) is 13.4. The van der Waals surface area contributed by atoms with Crippen LogP contribution in [0.1, 0.15) is 26.2 Å². The van der Waals surface area contributed by atoms with Crippen LogP contribution in [0, 0.1) is 0 Å². The van der Waals surface area contributed by atoms with Crippen molar-refractivity contribution in [1.82, 2.24) is 24.8 Å². The van der Waals surface area contributed by atoms with E-state index in [1.54, 1.807) is 10.9 Å². The lowest BCUT2D eigenvalue weighted by Gasteiger charge is -2.48. The largest absolute Gasteiger partial charge is 0.466 e. The summed E-state index contributed by atoms with van der Waals surface area (Å²) in [6, 6.07) is 2.13. The first-order valence-electron chi connectivity index (χ1n) is 9.33. The molecule has 3 aromatic rings. The highest BCUT2D eigenvalue weighted by Gasteiger charge is 2.46. The lowest BCUT2D eigenvalue weighted by atomic mass is 9.76. The first kappa shape index (κ1) is 18.8. The Kier molecular flexibility index (Phi) is 4.78. The van der Waals surface area contributed by atoms with Crippen molar-refractivity contribution < 1.29 is 14.0 Å². The molecule has 0 saturated heterocycles. The number of amides is 1. The quantitative estimate of drug-likeness (QED) is 0.486. The monoisotopic (exact) mass is 401 g/mol. The highest BCUT2D eigenvalue weighted by Crippen LogP contribution is 2.39. The number of aromatic nitrogens is 5. The van der Waals surface area contributed by atoms with Crippen molar-refractivity contribution in [3.8, 4) is 17.1 Å². The molecule has 8 nitrogen and oxygen atoms in total. The topological polar surface area (TPSA) is 80.1 Å². The summed E-state index contributed by atoms with van der Waals surface area (Å²) >= 11 is 4.15. The van der Waals surface area contributed by atoms with Gasteiger partial charge in [0.2, 0.25) is 12.1 Å². The second-order valence-electron chi connectivity index (χ2n) is 7.64. The van der Waals surface area contributed by atoms with Crippen molar-refractivity contribution in [2.75, 3.05) is 12.8 Å². The predicted molar refractivity (Wildman–Crippen MR) is 107 cm³/mol. The summed E-state index contributed by atoms with van der Waals surface area (Å²) in [5.41, 5.74) is 2.22. The van der Waals surface area contributed by atoms with E-state index in [0.717, 1.165) is 29.6 Å². The molecule has 3 aromatic heterocycles. The zero-order valence-electron chi connectivity index (χ0n) is 16.3. The average Bonchev–Trinajstić information content (AvgIpc) is 3.27. The third-order valence-electron chi connectivity index (χ3n) is 5.35. The zero-order chi connectivity index (χ0) is 19.9. The molecule has 4 rings (SSSR count). The van der Waals surface area contributed by atoms with Gasteiger partial charge < -0.3 is 9.64 Å². The minimum absolute atomic E-state index is 0.127. The van der Waals surface area contributed by atoms with Gasteiger partial charge in [0.1, 0.15) is 11.3 Å². The lowest BCUT2D eigenvalue weighted by Crippen LogP contribution is -2.57. The molecule has 148 valence electrons. The van der Waals surface area contributed by atoms with Crippen LogP contribution in [0.5, 0.6) is 5.88 Å². The van der Waals surface area contributed by atoms with Gasteiger partial charge >= 0.3 is 0 Å². The minimum Gasteiger partial charge on any atom is -0.466 e. The molecule has 0 radical (unpaired) electrons. The van der Waals surface area contributed by atoms with Crippen LogP contribution in [0.2, 0.25) is 0 Å². The molecule has 1 amide bonds. The number of ether oxygens (including phenoxy) is 1. The Morgan fingerprint density at radius 2 is 2.32 bits per heavy atom. The summed E-state index contributed by atoms with van der Waals surface area (Å²) < 4.78 is 10.0. The number of rotatable bonds is 6. The Bertz CT molecular complexity index is 1010. The van der Waals surface area contributed by atoms with Crippen LogP contribution in [0.15, 0.2) is 30.9 Å². The number of carbonyl (C=O) groups is 1. The standard InChI is InChI=1S/C19H24N6O2S/c1-19(8-14(9-19)24(3)17(26)5-7-28)27-18-16-4-6-20-25(16)12-15(22-18)13-10-21-23(2)11-13/h4,6,10-12,14,28H,5,7-9H2,1-3H3/p+1. The van der Waals surface area contributed by atoms with Crippen molar-refractivity contribution in [3.63, 3.8) is 0 Å². The molecule has 0 unspecified atom stereocenters. The van der Waals surface area contributed by atoms with Crippen molar-refractivity contribution in [2.45, 2.75) is 37.8 Å². The van der Waals surface area contributed by atoms with Crippen molar-refractivity contribution in [2.24, 2.45) is 7.05 Å². The molecule has 9 heteroatoms. The Hall–Kier alpha value is -2.55. The Labute approximate surface area is 168 Å². The fraction of sp³-hybridized carbons (Fsp3) is 0.474. The number of thiol groups is 1. The second kappa shape index (κ2) is 7.12. The van der Waals surface area contributed by atoms with E-state index in [4.69, 9.17) is 9.72 Å². The van der Waals surface area contributed by atoms with Crippen LogP contribution >= 0.6 is 12.6 Å². The number of nitrogens with zero attached hydrogens (tertiary/aromatic N) is 5. The normalized spacial score (nSPS) is 21.5. The smallest absolute Gasteiger partial charge is 0.298 e. The third kappa shape index (κ3) is 3.46. The number of nitrogens with one attached hydrogen (secondary N) is 1. The van der Waals surface area contributed by atoms with Gasteiger partial charge in [0, 0.05) is 57.2 Å². The van der Waals surface area contributed by atoms with Gasteiger partial charge in [-0.15, -0.1) is 0 Å². The van der Waals surface area contributed by atoms with E-state index in [0.29, 0.717) is 18.1 Å². The predicted octanol–water partition coefficient (Wildman–Crippen LogP) is 1.63. The average molecular weight is 402 g/mol. The van der Waals surface area contributed by atoms with Crippen LogP contribution in [0.3, 0.4) is 0 Å². The number of hydrogen-bond acceptors (Lipinski definition) is 5. The van der Waals surface area contributed by atoms with Crippen LogP contribution in [0.25, 0.3) is 16.8 Å². The molecule has 1 N–H and O–H groups in total. The van der Waals surface area contributed by atoms with Gasteiger partial charge in [0.15, 0.2) is 0 Å². The van der Waals surface area contributed by atoms with Crippen LogP contribution in [-0.2, 0) is 11.8 Å². The summed E-state index contributed by atoms with van der Waals surface area (Å²) in [5.74, 6) is 1.27. The third-order valence-corrected chi connectivity index (χ3v) is 5.58. The van der Waals surface area contributed by atoms with Gasteiger partial charge in [-0.3, -0.25) is 9.48 Å². The van der Waals surface area contributed by atoms with E-state index in [9.17, 15) is 4.79 Å². The molecule has 1 saturated carbocycles. The molecule has 3 heterocycles. The molecule has 0 aromatic carbocycles. The molecule has 1 fully saturated rings. The second-order valence-corrected chi connectivity index (χ2v) is 8.09. The van der Waals surface area contributed by atoms with E-state index >= 15 is 0 Å². The van der Waals surface area contributed by atoms with Gasteiger partial charge in [0.05, 0.1) is 12.4 Å². The van der Waals surface area contributed by atoms with E-state index < -0.39 is 0 Å². The number of H-pyrrole nitrogens is 1. The van der Waals surface area contributed by atoms with Gasteiger partial charge in [-0.05, 0) is 12.7 Å². The minimum atomic E-state index is -0.356. The molecular weight excluding hydrogens is 376 g/mol. The SMILES string of the molecule is CN(C(=O)CCS)C1CC(C)(Oc2nc(-c3cnn(C)c3)c[n+]3[nH]ccc23)C1. The first-order valence-corrected chi connectivity index (χ1v) is 9.96. The molecule has 0 aliphatic heterocycles. The molecule has 1 aliphatic rings. The fourth-order valence-corrected chi connectivity index (χ4v) is 3.91. The Morgan fingerprint density at radius 3 is 3.00 bits per heavy atom. The highest BCUT2D eigenvalue weighted by atomic mass is 32.1. The van der Waals surface area contributed by atoms with Crippen LogP contribution in [0.4, 0.5) is 0 Å². The van der Waals surface area contributed by atoms with E-state index in [2.05, 4.69) is 29.7 Å². The summed E-state index contributed by atoms with van der Waals surface area (Å²) in [5, 5.41) is 7.39.